The van der Waals surface area contributed by atoms with Crippen molar-refractivity contribution in [1.29, 1.82) is 0 Å². The van der Waals surface area contributed by atoms with E-state index in [9.17, 15) is 9.59 Å². The summed E-state index contributed by atoms with van der Waals surface area (Å²) < 4.78 is 8.90. The van der Waals surface area contributed by atoms with E-state index in [1.165, 1.54) is 11.1 Å². The van der Waals surface area contributed by atoms with Crippen molar-refractivity contribution in [3.8, 4) is 0 Å². The second-order valence-electron chi connectivity index (χ2n) is 7.71. The SMILES string of the molecule is CCO[C@@H]1C[C@@H](NC(=O)Cn2nc3n(c2=O)CCCCC3)C12CCC2. The van der Waals surface area contributed by atoms with Gasteiger partial charge in [0, 0.05) is 31.0 Å². The van der Waals surface area contributed by atoms with Crippen LogP contribution in [0.3, 0.4) is 0 Å². The van der Waals surface area contributed by atoms with Crippen molar-refractivity contribution < 1.29 is 9.53 Å². The van der Waals surface area contributed by atoms with Crippen molar-refractivity contribution >= 4 is 5.91 Å². The van der Waals surface area contributed by atoms with Crippen molar-refractivity contribution in [2.45, 2.75) is 83.5 Å². The molecular weight excluding hydrogens is 320 g/mol. The van der Waals surface area contributed by atoms with E-state index in [0.717, 1.165) is 63.9 Å². The Morgan fingerprint density at radius 2 is 2.16 bits per heavy atom. The van der Waals surface area contributed by atoms with E-state index in [1.54, 1.807) is 4.57 Å². The molecule has 0 radical (unpaired) electrons. The van der Waals surface area contributed by atoms with Crippen LogP contribution in [0.2, 0.25) is 0 Å². The Bertz CT molecular complexity index is 704. The Kier molecular flexibility index (Phi) is 4.43. The molecule has 0 saturated heterocycles. The molecule has 1 aromatic rings. The molecule has 7 nitrogen and oxygen atoms in total. The number of amides is 1. The van der Waals surface area contributed by atoms with Gasteiger partial charge in [0.1, 0.15) is 12.4 Å². The fourth-order valence-corrected chi connectivity index (χ4v) is 4.74. The summed E-state index contributed by atoms with van der Waals surface area (Å²) in [5, 5.41) is 7.54. The molecule has 0 unspecified atom stereocenters. The molecule has 3 aliphatic rings. The maximum Gasteiger partial charge on any atom is 0.346 e. The standard InChI is InChI=1S/C18H28N4O3/c1-2-25-14-11-13(18(14)8-6-9-18)19-16(23)12-22-17(24)21-10-5-3-4-7-15(21)20-22/h13-14H,2-12H2,1H3,(H,19,23)/t13-,14-/m1/s1. The van der Waals surface area contributed by atoms with Crippen LogP contribution in [-0.4, -0.2) is 39.0 Å². The van der Waals surface area contributed by atoms with Crippen molar-refractivity contribution in [1.82, 2.24) is 19.7 Å². The number of rotatable bonds is 5. The maximum absolute atomic E-state index is 12.5. The number of nitrogens with one attached hydrogen (secondary N) is 1. The van der Waals surface area contributed by atoms with Crippen molar-refractivity contribution in [2.24, 2.45) is 5.41 Å². The first-order valence-electron chi connectivity index (χ1n) is 9.71. The molecule has 2 aliphatic carbocycles. The van der Waals surface area contributed by atoms with Gasteiger partial charge in [-0.2, -0.15) is 5.10 Å². The number of carbonyl (C=O) groups is 1. The Morgan fingerprint density at radius 1 is 1.32 bits per heavy atom. The lowest BCUT2D eigenvalue weighted by Gasteiger charge is -2.61. The molecule has 1 aliphatic heterocycles. The molecule has 1 N–H and O–H groups in total. The van der Waals surface area contributed by atoms with Crippen molar-refractivity contribution in [3.05, 3.63) is 16.3 Å². The number of nitrogens with zero attached hydrogens (tertiary/aromatic N) is 3. The van der Waals surface area contributed by atoms with Crippen LogP contribution in [0.25, 0.3) is 0 Å². The smallest absolute Gasteiger partial charge is 0.346 e. The van der Waals surface area contributed by atoms with Crippen LogP contribution >= 0.6 is 0 Å². The largest absolute Gasteiger partial charge is 0.378 e. The van der Waals surface area contributed by atoms with Crippen LogP contribution in [-0.2, 0) is 29.0 Å². The lowest BCUT2D eigenvalue weighted by Crippen LogP contribution is -2.67. The molecule has 0 aromatic carbocycles. The molecule has 4 rings (SSSR count). The zero-order valence-electron chi connectivity index (χ0n) is 15.0. The highest BCUT2D eigenvalue weighted by Crippen LogP contribution is 2.57. The molecule has 2 fully saturated rings. The third-order valence-corrected chi connectivity index (χ3v) is 6.35. The molecule has 2 heterocycles. The van der Waals surface area contributed by atoms with E-state index in [1.807, 2.05) is 6.92 Å². The minimum Gasteiger partial charge on any atom is -0.378 e. The van der Waals surface area contributed by atoms with Crippen LogP contribution < -0.4 is 11.0 Å². The topological polar surface area (TPSA) is 78.2 Å². The Morgan fingerprint density at radius 3 is 2.88 bits per heavy atom. The summed E-state index contributed by atoms with van der Waals surface area (Å²) in [5.41, 5.74) is -0.00617. The summed E-state index contributed by atoms with van der Waals surface area (Å²) in [6.45, 7) is 3.48. The number of aromatic nitrogens is 3. The summed E-state index contributed by atoms with van der Waals surface area (Å²) in [7, 11) is 0. The fourth-order valence-electron chi connectivity index (χ4n) is 4.74. The second kappa shape index (κ2) is 6.59. The molecule has 1 spiro atoms. The molecule has 1 amide bonds. The van der Waals surface area contributed by atoms with Crippen LogP contribution in [0.15, 0.2) is 4.79 Å². The summed E-state index contributed by atoms with van der Waals surface area (Å²) in [4.78, 5) is 24.9. The predicted molar refractivity (Wildman–Crippen MR) is 92.3 cm³/mol. The number of hydrogen-bond acceptors (Lipinski definition) is 4. The predicted octanol–water partition coefficient (Wildman–Crippen LogP) is 1.24. The van der Waals surface area contributed by atoms with Gasteiger partial charge in [-0.25, -0.2) is 9.48 Å². The molecule has 2 saturated carbocycles. The minimum atomic E-state index is -0.147. The highest BCUT2D eigenvalue weighted by atomic mass is 16.5. The van der Waals surface area contributed by atoms with Crippen molar-refractivity contribution in [2.75, 3.05) is 6.61 Å². The van der Waals surface area contributed by atoms with Crippen LogP contribution in [0.1, 0.15) is 57.7 Å². The molecule has 25 heavy (non-hydrogen) atoms. The van der Waals surface area contributed by atoms with E-state index in [-0.39, 0.29) is 35.7 Å². The highest BCUT2D eigenvalue weighted by molar-refractivity contribution is 5.76. The highest BCUT2D eigenvalue weighted by Gasteiger charge is 2.59. The van der Waals surface area contributed by atoms with E-state index in [4.69, 9.17) is 4.74 Å². The van der Waals surface area contributed by atoms with Gasteiger partial charge >= 0.3 is 5.69 Å². The molecule has 2 atom stereocenters. The molecule has 7 heteroatoms. The van der Waals surface area contributed by atoms with Crippen molar-refractivity contribution in [3.63, 3.8) is 0 Å². The second-order valence-corrected chi connectivity index (χ2v) is 7.71. The molecule has 1 aromatic heterocycles. The van der Waals surface area contributed by atoms with E-state index in [2.05, 4.69) is 10.4 Å². The lowest BCUT2D eigenvalue weighted by molar-refractivity contribution is -0.176. The van der Waals surface area contributed by atoms with Crippen LogP contribution in [0, 0.1) is 5.41 Å². The first-order chi connectivity index (χ1) is 12.1. The Hall–Kier alpha value is -1.63. The van der Waals surface area contributed by atoms with E-state index < -0.39 is 0 Å². The lowest BCUT2D eigenvalue weighted by atomic mass is 9.51. The van der Waals surface area contributed by atoms with E-state index in [0.29, 0.717) is 0 Å². The number of ether oxygens (including phenoxy) is 1. The van der Waals surface area contributed by atoms with Crippen LogP contribution in [0.5, 0.6) is 0 Å². The first-order valence-corrected chi connectivity index (χ1v) is 9.71. The Labute approximate surface area is 147 Å². The normalized spacial score (nSPS) is 27.1. The summed E-state index contributed by atoms with van der Waals surface area (Å²) in [5.74, 6) is 0.715. The zero-order chi connectivity index (χ0) is 17.4. The molecule has 0 bridgehead atoms. The van der Waals surface area contributed by atoms with Gasteiger partial charge in [0.15, 0.2) is 0 Å². The van der Waals surface area contributed by atoms with E-state index >= 15 is 0 Å². The average molecular weight is 348 g/mol. The van der Waals surface area contributed by atoms with Gasteiger partial charge in [-0.05, 0) is 39.0 Å². The molecule has 138 valence electrons. The van der Waals surface area contributed by atoms with Gasteiger partial charge in [0.05, 0.1) is 6.10 Å². The number of fused-ring (bicyclic) bond motifs is 1. The third-order valence-electron chi connectivity index (χ3n) is 6.35. The fraction of sp³-hybridized carbons (Fsp3) is 0.833. The van der Waals surface area contributed by atoms with Gasteiger partial charge in [-0.15, -0.1) is 0 Å². The number of carbonyl (C=O) groups excluding carboxylic acids is 1. The quantitative estimate of drug-likeness (QED) is 0.868. The van der Waals surface area contributed by atoms with Gasteiger partial charge in [-0.3, -0.25) is 9.36 Å². The summed E-state index contributed by atoms with van der Waals surface area (Å²) in [6.07, 6.45) is 8.66. The summed E-state index contributed by atoms with van der Waals surface area (Å²) in [6, 6.07) is 0.182. The van der Waals surface area contributed by atoms with Gasteiger partial charge in [-0.1, -0.05) is 12.8 Å². The maximum atomic E-state index is 12.5. The zero-order valence-corrected chi connectivity index (χ0v) is 15.0. The Balaban J connectivity index is 1.39. The first kappa shape index (κ1) is 16.8. The van der Waals surface area contributed by atoms with Crippen LogP contribution in [0.4, 0.5) is 0 Å². The van der Waals surface area contributed by atoms with Gasteiger partial charge in [0.25, 0.3) is 0 Å². The minimum absolute atomic E-state index is 0.0186. The number of aryl methyl sites for hydroxylation is 1. The number of hydrogen-bond donors (Lipinski definition) is 1. The molecular formula is C18H28N4O3. The third kappa shape index (κ3) is 2.82. The monoisotopic (exact) mass is 348 g/mol. The van der Waals surface area contributed by atoms with Gasteiger partial charge in [0.2, 0.25) is 5.91 Å². The van der Waals surface area contributed by atoms with Gasteiger partial charge < -0.3 is 10.1 Å². The summed E-state index contributed by atoms with van der Waals surface area (Å²) >= 11 is 0. The average Bonchev–Trinajstić information content (AvgIpc) is 2.71.